The number of rotatable bonds is 9. The predicted octanol–water partition coefficient (Wildman–Crippen LogP) is 11.7. The van der Waals surface area contributed by atoms with Crippen molar-refractivity contribution in [3.05, 3.63) is 95.8 Å². The summed E-state index contributed by atoms with van der Waals surface area (Å²) in [4.78, 5) is 7.25. The molecule has 46 heavy (non-hydrogen) atoms. The molecule has 0 radical (unpaired) electrons. The lowest BCUT2D eigenvalue weighted by Gasteiger charge is -2.12. The lowest BCUT2D eigenvalue weighted by Crippen LogP contribution is -1.97. The zero-order valence-corrected chi connectivity index (χ0v) is 32.3. The van der Waals surface area contributed by atoms with Crippen LogP contribution in [-0.4, -0.2) is 30.7 Å². The van der Waals surface area contributed by atoms with Crippen LogP contribution < -0.4 is 14.2 Å². The van der Waals surface area contributed by atoms with Crippen LogP contribution in [-0.2, 0) is 12.8 Å². The van der Waals surface area contributed by atoms with Crippen molar-refractivity contribution >= 4 is 73.7 Å². The molecule has 14 heteroatoms. The Balaban J connectivity index is 0.000000383. The van der Waals surface area contributed by atoms with Gasteiger partial charge >= 0.3 is 3.18 Å². The van der Waals surface area contributed by atoms with Crippen molar-refractivity contribution in [3.8, 4) is 34.8 Å². The molecule has 4 aromatic rings. The molecular weight excluding hydrogens is 836 g/mol. The smallest absolute Gasteiger partial charge is 0.369 e. The van der Waals surface area contributed by atoms with Crippen molar-refractivity contribution in [1.29, 1.82) is 0 Å². The Labute approximate surface area is 305 Å². The number of phenolic OH excluding ortho intramolecular Hbond substituents is 1. The fraction of sp³-hybridized carbons (Fsp3) is 0.312. The quantitative estimate of drug-likeness (QED) is 0.103. The second kappa shape index (κ2) is 23.3. The van der Waals surface area contributed by atoms with Gasteiger partial charge in [0.05, 0.1) is 12.4 Å². The fourth-order valence-corrected chi connectivity index (χ4v) is 3.76. The molecule has 0 saturated carbocycles. The van der Waals surface area contributed by atoms with E-state index in [9.17, 15) is 13.9 Å². The third-order valence-corrected chi connectivity index (χ3v) is 5.35. The second-order valence-electron chi connectivity index (χ2n) is 10.1. The maximum Gasteiger partial charge on any atom is 0.369 e. The maximum atomic E-state index is 13.0. The van der Waals surface area contributed by atoms with Gasteiger partial charge in [0.1, 0.15) is 0 Å². The van der Waals surface area contributed by atoms with Gasteiger partial charge in [0, 0.05) is 12.1 Å². The first-order valence-corrected chi connectivity index (χ1v) is 17.7. The Bertz CT molecular complexity index is 1460. The van der Waals surface area contributed by atoms with Crippen LogP contribution in [0.15, 0.2) is 72.8 Å². The molecule has 2 aromatic heterocycles. The average molecular weight is 872 g/mol. The molecule has 0 unspecified atom stereocenters. The lowest BCUT2D eigenvalue weighted by atomic mass is 10.0. The normalized spacial score (nSPS) is 10.0. The van der Waals surface area contributed by atoms with Crippen LogP contribution in [0, 0.1) is 23.7 Å². The van der Waals surface area contributed by atoms with Crippen LogP contribution >= 0.6 is 70.5 Å². The topological polar surface area (TPSA) is 73.7 Å². The van der Waals surface area contributed by atoms with Crippen molar-refractivity contribution in [1.82, 2.24) is 9.97 Å². The summed E-state index contributed by atoms with van der Waals surface area (Å²) in [6.45, 7) is 8.54. The Morgan fingerprint density at radius 1 is 0.717 bits per heavy atom. The van der Waals surface area contributed by atoms with E-state index in [0.717, 1.165) is 18.4 Å². The largest absolute Gasteiger partial charge is 0.504 e. The van der Waals surface area contributed by atoms with Gasteiger partial charge in [-0.05, 0) is 72.2 Å². The van der Waals surface area contributed by atoms with Gasteiger partial charge in [-0.2, -0.15) is 18.7 Å². The molecule has 0 aliphatic carbocycles. The zero-order chi connectivity index (χ0) is 34.6. The number of alkyl halides is 2. The summed E-state index contributed by atoms with van der Waals surface area (Å²) in [6.07, 6.45) is 1.85. The van der Waals surface area contributed by atoms with Gasteiger partial charge in [-0.3, -0.25) is 0 Å². The highest BCUT2D eigenvalue weighted by atomic mass is 79.9. The van der Waals surface area contributed by atoms with Gasteiger partial charge in [0.25, 0.3) is 0 Å². The summed E-state index contributed by atoms with van der Waals surface area (Å²) in [6, 6.07) is 19.7. The molecule has 0 aliphatic rings. The number of aromatic hydroxyl groups is 1. The van der Waals surface area contributed by atoms with Crippen LogP contribution in [0.2, 0.25) is 0 Å². The van der Waals surface area contributed by atoms with Gasteiger partial charge in [0.15, 0.2) is 23.0 Å². The molecule has 0 bridgehead atoms. The summed E-state index contributed by atoms with van der Waals surface area (Å²) >= 11 is 18.8. The predicted molar refractivity (Wildman–Crippen MR) is 196 cm³/mol. The molecule has 0 spiro atoms. The van der Waals surface area contributed by atoms with Gasteiger partial charge in [-0.15, -0.1) is 70.5 Å². The number of nitrogens with zero attached hydrogens (tertiary/aromatic N) is 2. The number of pyridine rings is 2. The van der Waals surface area contributed by atoms with Crippen molar-refractivity contribution in [3.63, 3.8) is 0 Å². The summed E-state index contributed by atoms with van der Waals surface area (Å²) in [5.74, 6) is 1.66. The Kier molecular flexibility index (Phi) is 21.2. The van der Waals surface area contributed by atoms with E-state index in [1.807, 2.05) is 24.3 Å². The minimum atomic E-state index is -0.617. The number of hydrogen-bond donors (Lipinski definition) is 1. The van der Waals surface area contributed by atoms with E-state index < -0.39 is 11.9 Å². The molecule has 1 N–H and O–H groups in total. The van der Waals surface area contributed by atoms with E-state index in [-0.39, 0.29) is 31.8 Å². The van der Waals surface area contributed by atoms with E-state index in [4.69, 9.17) is 37.4 Å². The number of aromatic nitrogens is 2. The highest BCUT2D eigenvalue weighted by Gasteiger charge is 2.10. The Morgan fingerprint density at radius 2 is 1.13 bits per heavy atom. The molecule has 4 rings (SSSR count). The molecule has 0 saturated heterocycles. The highest BCUT2D eigenvalue weighted by molar-refractivity contribution is 9.69. The van der Waals surface area contributed by atoms with Crippen molar-refractivity contribution in [2.45, 2.75) is 40.5 Å². The number of hydrogen-bond acceptors (Lipinski definition) is 6. The number of phenols is 1. The van der Waals surface area contributed by atoms with E-state index in [1.54, 1.807) is 31.4 Å². The first-order chi connectivity index (χ1) is 21.8. The van der Waals surface area contributed by atoms with Crippen molar-refractivity contribution < 1.29 is 28.1 Å². The first kappa shape index (κ1) is 41.9. The average Bonchev–Trinajstić information content (AvgIpc) is 2.95. The fourth-order valence-electron chi connectivity index (χ4n) is 3.76. The van der Waals surface area contributed by atoms with Gasteiger partial charge in [0.2, 0.25) is 23.7 Å². The lowest BCUT2D eigenvalue weighted by molar-refractivity contribution is 0.370. The number of methoxy groups -OCH3 is 1. The molecule has 0 atom stereocenters. The summed E-state index contributed by atoms with van der Waals surface area (Å²) in [5, 5.41) is 10.1. The van der Waals surface area contributed by atoms with Crippen LogP contribution in [0.3, 0.4) is 0 Å². The number of ether oxygens (including phenoxy) is 3. The Hall–Kier alpha value is -2.12. The van der Waals surface area contributed by atoms with Crippen LogP contribution in [0.4, 0.5) is 8.78 Å². The van der Waals surface area contributed by atoms with Gasteiger partial charge in [-0.1, -0.05) is 52.0 Å². The van der Waals surface area contributed by atoms with E-state index in [1.165, 1.54) is 29.8 Å². The molecular formula is C32H36BBr3Cl2F2N2O4. The summed E-state index contributed by atoms with van der Waals surface area (Å²) < 4.78 is 42.5. The second-order valence-corrected chi connectivity index (χ2v) is 17.4. The molecule has 0 aliphatic heterocycles. The van der Waals surface area contributed by atoms with E-state index in [2.05, 4.69) is 84.9 Å². The van der Waals surface area contributed by atoms with Gasteiger partial charge < -0.3 is 19.3 Å². The first-order valence-electron chi connectivity index (χ1n) is 13.9. The van der Waals surface area contributed by atoms with Crippen molar-refractivity contribution in [2.24, 2.45) is 11.8 Å². The third-order valence-electron chi connectivity index (χ3n) is 5.35. The molecule has 6 nitrogen and oxygen atoms in total. The molecule has 2 aromatic carbocycles. The molecule has 250 valence electrons. The highest BCUT2D eigenvalue weighted by Crippen LogP contribution is 2.33. The maximum absolute atomic E-state index is 13.0. The Morgan fingerprint density at radius 3 is 1.52 bits per heavy atom. The van der Waals surface area contributed by atoms with Crippen LogP contribution in [0.5, 0.6) is 34.8 Å². The van der Waals surface area contributed by atoms with E-state index >= 15 is 0 Å². The molecule has 0 amide bonds. The summed E-state index contributed by atoms with van der Waals surface area (Å²) in [5.41, 5.74) is 2.21. The minimum Gasteiger partial charge on any atom is -0.504 e. The summed E-state index contributed by atoms with van der Waals surface area (Å²) in [7, 11) is 1.58. The molecule has 2 heterocycles. The number of halogens is 7. The number of benzene rings is 2. The standard InChI is InChI=1S/C16H18FNO2.C15H16FNO2.CH2Cl2.BBr3/c1-11(2)9-12-7-8-13(14(10-12)19-3)20-16-6-4-5-15(17)18-16;1-10(2)8-11-6-7-13(12(18)9-11)19-15-5-3-4-14(16)17-15;2-1-3;2-1(3)4/h4-8,10-11H,9H2,1-3H3;3-7,9-10,18H,8H2,1-2H3;1H2;. The van der Waals surface area contributed by atoms with Gasteiger partial charge in [-0.25, -0.2) is 0 Å². The zero-order valence-electron chi connectivity index (χ0n) is 26.0. The molecule has 0 fully saturated rings. The minimum absolute atomic E-state index is 0.0317. The van der Waals surface area contributed by atoms with Crippen molar-refractivity contribution in [2.75, 3.05) is 12.4 Å². The van der Waals surface area contributed by atoms with E-state index in [0.29, 0.717) is 23.3 Å². The third kappa shape index (κ3) is 18.3. The van der Waals surface area contributed by atoms with Crippen LogP contribution in [0.25, 0.3) is 0 Å². The monoisotopic (exact) mass is 868 g/mol. The SMILES string of the molecule is BrB(Br)Br.CC(C)Cc1ccc(Oc2cccc(F)n2)c(O)c1.COc1cc(CC(C)C)ccc1Oc1cccc(F)n1.ClCCl. The van der Waals surface area contributed by atoms with Crippen LogP contribution in [0.1, 0.15) is 38.8 Å².